The van der Waals surface area contributed by atoms with Crippen LogP contribution in [0.2, 0.25) is 0 Å². The Labute approximate surface area is 229 Å². The second kappa shape index (κ2) is 12.8. The molecule has 3 aliphatic rings. The molecule has 1 aromatic heterocycles. The van der Waals surface area contributed by atoms with E-state index in [-0.39, 0.29) is 41.9 Å². The summed E-state index contributed by atoms with van der Waals surface area (Å²) >= 11 is 0. The van der Waals surface area contributed by atoms with Crippen LogP contribution in [0.5, 0.6) is 0 Å². The summed E-state index contributed by atoms with van der Waals surface area (Å²) in [5, 5.41) is 9.84. The SMILES string of the molecule is CCOC(=O)c1cc(C#N)c(N2CCC(C(=O)NS(=O)(=O)CC3CCCCC3)CC2)nc1CN1CCCC1=O. The van der Waals surface area contributed by atoms with E-state index < -0.39 is 27.8 Å². The summed E-state index contributed by atoms with van der Waals surface area (Å²) in [7, 11) is -3.69. The number of nitrogens with zero attached hydrogens (tertiary/aromatic N) is 4. The van der Waals surface area contributed by atoms with Crippen molar-refractivity contribution in [1.82, 2.24) is 14.6 Å². The lowest BCUT2D eigenvalue weighted by molar-refractivity contribution is -0.128. The lowest BCUT2D eigenvalue weighted by atomic mass is 9.91. The highest BCUT2D eigenvalue weighted by Gasteiger charge is 2.32. The van der Waals surface area contributed by atoms with Gasteiger partial charge >= 0.3 is 5.97 Å². The molecule has 212 valence electrons. The Kier molecular flexibility index (Phi) is 9.43. The molecule has 0 radical (unpaired) electrons. The average molecular weight is 560 g/mol. The number of anilines is 1. The fraction of sp³-hybridized carbons (Fsp3) is 0.667. The Morgan fingerprint density at radius 3 is 2.46 bits per heavy atom. The molecule has 1 N–H and O–H groups in total. The molecule has 2 aliphatic heterocycles. The molecule has 4 rings (SSSR count). The van der Waals surface area contributed by atoms with Gasteiger partial charge in [0, 0.05) is 32.0 Å². The fourth-order valence-corrected chi connectivity index (χ4v) is 7.23. The molecule has 39 heavy (non-hydrogen) atoms. The number of nitriles is 1. The van der Waals surface area contributed by atoms with E-state index in [0.717, 1.165) is 38.5 Å². The summed E-state index contributed by atoms with van der Waals surface area (Å²) in [5.74, 6) is -1.08. The molecule has 2 amide bonds. The summed E-state index contributed by atoms with van der Waals surface area (Å²) in [4.78, 5) is 45.9. The van der Waals surface area contributed by atoms with Crippen molar-refractivity contribution in [3.8, 4) is 6.07 Å². The Balaban J connectivity index is 1.45. The first-order valence-electron chi connectivity index (χ1n) is 13.9. The molecule has 0 bridgehead atoms. The van der Waals surface area contributed by atoms with Crippen LogP contribution in [-0.4, -0.2) is 68.1 Å². The standard InChI is InChI=1S/C27H37N5O6S/c1-2-38-27(35)22-15-21(16-28)25(29-23(22)17-32-12-6-9-24(32)33)31-13-10-20(11-14-31)26(34)30-39(36,37)18-19-7-4-3-5-8-19/h15,19-20H,2-14,17-18H2,1H3,(H,30,34). The first-order chi connectivity index (χ1) is 18.7. The summed E-state index contributed by atoms with van der Waals surface area (Å²) < 4.78 is 32.7. The summed E-state index contributed by atoms with van der Waals surface area (Å²) in [6, 6.07) is 3.58. The molecule has 1 aromatic rings. The maximum Gasteiger partial charge on any atom is 0.340 e. The highest BCUT2D eigenvalue weighted by molar-refractivity contribution is 7.90. The van der Waals surface area contributed by atoms with Crippen LogP contribution < -0.4 is 9.62 Å². The molecule has 1 saturated carbocycles. The Morgan fingerprint density at radius 1 is 1.13 bits per heavy atom. The van der Waals surface area contributed by atoms with Crippen LogP contribution in [-0.2, 0) is 30.9 Å². The van der Waals surface area contributed by atoms with Crippen molar-refractivity contribution in [2.45, 2.75) is 71.3 Å². The van der Waals surface area contributed by atoms with Crippen molar-refractivity contribution >= 4 is 33.6 Å². The highest BCUT2D eigenvalue weighted by Crippen LogP contribution is 2.29. The molecule has 12 heteroatoms. The maximum atomic E-state index is 12.8. The van der Waals surface area contributed by atoms with Crippen LogP contribution in [0.1, 0.15) is 86.3 Å². The number of amides is 2. The predicted octanol–water partition coefficient (Wildman–Crippen LogP) is 2.50. The van der Waals surface area contributed by atoms with Gasteiger partial charge in [-0.2, -0.15) is 5.26 Å². The van der Waals surface area contributed by atoms with Gasteiger partial charge in [-0.3, -0.25) is 14.3 Å². The zero-order valence-electron chi connectivity index (χ0n) is 22.5. The summed E-state index contributed by atoms with van der Waals surface area (Å²) in [6.45, 7) is 3.35. The molecule has 1 aliphatic carbocycles. The van der Waals surface area contributed by atoms with E-state index in [9.17, 15) is 28.1 Å². The molecular formula is C27H37N5O6S. The molecule has 0 aromatic carbocycles. The van der Waals surface area contributed by atoms with Crippen molar-refractivity contribution in [2.24, 2.45) is 11.8 Å². The topological polar surface area (TPSA) is 150 Å². The number of nitrogens with one attached hydrogen (secondary N) is 1. The first-order valence-corrected chi connectivity index (χ1v) is 15.5. The van der Waals surface area contributed by atoms with E-state index in [1.54, 1.807) is 11.8 Å². The number of pyridine rings is 1. The highest BCUT2D eigenvalue weighted by atomic mass is 32.2. The molecule has 2 saturated heterocycles. The van der Waals surface area contributed by atoms with Gasteiger partial charge in [-0.25, -0.2) is 18.2 Å². The number of carbonyl (C=O) groups excluding carboxylic acids is 3. The van der Waals surface area contributed by atoms with Crippen molar-refractivity contribution in [3.63, 3.8) is 0 Å². The number of piperidine rings is 1. The number of aromatic nitrogens is 1. The number of esters is 1. The van der Waals surface area contributed by atoms with E-state index in [2.05, 4.69) is 15.8 Å². The minimum absolute atomic E-state index is 0.0113. The van der Waals surface area contributed by atoms with Crippen LogP contribution in [0.3, 0.4) is 0 Å². The molecule has 11 nitrogen and oxygen atoms in total. The third kappa shape index (κ3) is 7.26. The summed E-state index contributed by atoms with van der Waals surface area (Å²) in [6.07, 6.45) is 6.94. The van der Waals surface area contributed by atoms with Crippen LogP contribution in [0.25, 0.3) is 0 Å². The smallest absolute Gasteiger partial charge is 0.340 e. The Hall–Kier alpha value is -3.20. The second-order valence-corrected chi connectivity index (χ2v) is 12.4. The van der Waals surface area contributed by atoms with E-state index in [1.165, 1.54) is 6.07 Å². The van der Waals surface area contributed by atoms with Crippen LogP contribution >= 0.6 is 0 Å². The zero-order valence-corrected chi connectivity index (χ0v) is 23.3. The number of hydrogen-bond donors (Lipinski definition) is 1. The monoisotopic (exact) mass is 559 g/mol. The Bertz CT molecular complexity index is 1230. The molecule has 3 heterocycles. The minimum Gasteiger partial charge on any atom is -0.462 e. The van der Waals surface area contributed by atoms with Crippen molar-refractivity contribution in [3.05, 3.63) is 22.9 Å². The van der Waals surface area contributed by atoms with Gasteiger partial charge in [0.25, 0.3) is 0 Å². The van der Waals surface area contributed by atoms with Gasteiger partial charge in [0.1, 0.15) is 11.9 Å². The van der Waals surface area contributed by atoms with Gasteiger partial charge < -0.3 is 14.5 Å². The van der Waals surface area contributed by atoms with Gasteiger partial charge in [-0.05, 0) is 51.0 Å². The van der Waals surface area contributed by atoms with Gasteiger partial charge in [0.15, 0.2) is 0 Å². The third-order valence-electron chi connectivity index (χ3n) is 7.81. The largest absolute Gasteiger partial charge is 0.462 e. The number of likely N-dealkylation sites (tertiary alicyclic amines) is 1. The van der Waals surface area contributed by atoms with E-state index in [4.69, 9.17) is 4.74 Å². The lowest BCUT2D eigenvalue weighted by Gasteiger charge is -2.33. The molecule has 0 unspecified atom stereocenters. The average Bonchev–Trinajstić information content (AvgIpc) is 3.32. The lowest BCUT2D eigenvalue weighted by Crippen LogP contribution is -2.44. The van der Waals surface area contributed by atoms with Gasteiger partial charge in [-0.1, -0.05) is 19.3 Å². The van der Waals surface area contributed by atoms with Crippen molar-refractivity contribution < 1.29 is 27.5 Å². The number of rotatable bonds is 9. The molecule has 3 fully saturated rings. The molecule has 0 spiro atoms. The number of carbonyl (C=O) groups is 3. The maximum absolute atomic E-state index is 12.8. The number of ether oxygens (including phenoxy) is 1. The second-order valence-electron chi connectivity index (χ2n) is 10.6. The number of sulfonamides is 1. The molecule has 0 atom stereocenters. The van der Waals surface area contributed by atoms with E-state index in [0.29, 0.717) is 50.4 Å². The van der Waals surface area contributed by atoms with Crippen LogP contribution in [0.4, 0.5) is 5.82 Å². The quantitative estimate of drug-likeness (QED) is 0.450. The van der Waals surface area contributed by atoms with Crippen LogP contribution in [0, 0.1) is 23.2 Å². The fourth-order valence-electron chi connectivity index (χ4n) is 5.72. The normalized spacial score (nSPS) is 19.1. The molecular weight excluding hydrogens is 522 g/mol. The van der Waals surface area contributed by atoms with Gasteiger partial charge in [0.05, 0.1) is 35.7 Å². The van der Waals surface area contributed by atoms with Gasteiger partial charge in [-0.15, -0.1) is 0 Å². The minimum atomic E-state index is -3.69. The van der Waals surface area contributed by atoms with Crippen LogP contribution in [0.15, 0.2) is 6.07 Å². The third-order valence-corrected chi connectivity index (χ3v) is 9.23. The predicted molar refractivity (Wildman–Crippen MR) is 143 cm³/mol. The zero-order chi connectivity index (χ0) is 28.0. The van der Waals surface area contributed by atoms with E-state index >= 15 is 0 Å². The summed E-state index contributed by atoms with van der Waals surface area (Å²) in [5.41, 5.74) is 0.730. The van der Waals surface area contributed by atoms with Crippen molar-refractivity contribution in [1.29, 1.82) is 5.26 Å². The first kappa shape index (κ1) is 28.8. The van der Waals surface area contributed by atoms with E-state index in [1.807, 2.05) is 4.90 Å². The Morgan fingerprint density at radius 2 is 1.85 bits per heavy atom. The van der Waals surface area contributed by atoms with Crippen molar-refractivity contribution in [2.75, 3.05) is 36.9 Å². The van der Waals surface area contributed by atoms with Gasteiger partial charge in [0.2, 0.25) is 21.8 Å². The number of hydrogen-bond acceptors (Lipinski definition) is 9.